The van der Waals surface area contributed by atoms with Crippen molar-refractivity contribution in [1.29, 1.82) is 0 Å². The van der Waals surface area contributed by atoms with Gasteiger partial charge >= 0.3 is 0 Å². The van der Waals surface area contributed by atoms with Crippen LogP contribution >= 0.6 is 15.9 Å². The van der Waals surface area contributed by atoms with E-state index in [-0.39, 0.29) is 18.5 Å². The van der Waals surface area contributed by atoms with Gasteiger partial charge in [-0.15, -0.1) is 0 Å². The first-order chi connectivity index (χ1) is 8.30. The van der Waals surface area contributed by atoms with Gasteiger partial charge < -0.3 is 10.5 Å². The Bertz CT molecular complexity index is 503. The lowest BCUT2D eigenvalue weighted by atomic mass is 10.3. The fourth-order valence-electron chi connectivity index (χ4n) is 1.21. The summed E-state index contributed by atoms with van der Waals surface area (Å²) in [6.07, 6.45) is 0.0193. The van der Waals surface area contributed by atoms with Gasteiger partial charge in [0.25, 0.3) is 0 Å². The first-order valence-corrected chi connectivity index (χ1v) is 7.92. The smallest absolute Gasteiger partial charge is 0.235 e. The summed E-state index contributed by atoms with van der Waals surface area (Å²) in [4.78, 5) is 0. The van der Waals surface area contributed by atoms with Crippen LogP contribution in [0.15, 0.2) is 22.7 Å². The minimum Gasteiger partial charge on any atom is -0.398 e. The van der Waals surface area contributed by atoms with Crippen molar-refractivity contribution in [2.24, 2.45) is 0 Å². The Kier molecular flexibility index (Phi) is 5.43. The van der Waals surface area contributed by atoms with Crippen LogP contribution in [0, 0.1) is 0 Å². The molecule has 0 atom stereocenters. The highest BCUT2D eigenvalue weighted by atomic mass is 79.9. The number of nitrogen functional groups attached to an aromatic ring is 1. The lowest BCUT2D eigenvalue weighted by Crippen LogP contribution is -2.21. The minimum absolute atomic E-state index is 0.0193. The SMILES string of the molecule is CC(C)OCCS(=O)(=O)Nc1ccc(N)c(Br)c1. The number of rotatable bonds is 6. The van der Waals surface area contributed by atoms with E-state index in [0.29, 0.717) is 15.8 Å². The Labute approximate surface area is 116 Å². The maximum absolute atomic E-state index is 11.7. The normalized spacial score (nSPS) is 11.8. The fourth-order valence-corrected chi connectivity index (χ4v) is 2.50. The van der Waals surface area contributed by atoms with E-state index in [1.165, 1.54) is 0 Å². The average Bonchev–Trinajstić information content (AvgIpc) is 2.22. The topological polar surface area (TPSA) is 81.4 Å². The molecule has 0 bridgehead atoms. The molecule has 1 aromatic carbocycles. The molecule has 7 heteroatoms. The van der Waals surface area contributed by atoms with Gasteiger partial charge in [-0.3, -0.25) is 4.72 Å². The number of ether oxygens (including phenoxy) is 1. The first kappa shape index (κ1) is 15.3. The maximum atomic E-state index is 11.7. The molecule has 0 aliphatic rings. The lowest BCUT2D eigenvalue weighted by molar-refractivity contribution is 0.0913. The van der Waals surface area contributed by atoms with Crippen LogP contribution in [0.2, 0.25) is 0 Å². The molecule has 0 saturated heterocycles. The summed E-state index contributed by atoms with van der Waals surface area (Å²) in [5, 5.41) is 0. The standard InChI is InChI=1S/C11H17BrN2O3S/c1-8(2)17-5-6-18(15,16)14-9-3-4-11(13)10(12)7-9/h3-4,7-8,14H,5-6,13H2,1-2H3. The van der Waals surface area contributed by atoms with Gasteiger partial charge in [0.05, 0.1) is 18.5 Å². The predicted octanol–water partition coefficient (Wildman–Crippen LogP) is 2.20. The molecule has 18 heavy (non-hydrogen) atoms. The van der Waals surface area contributed by atoms with Crippen LogP contribution in [0.4, 0.5) is 11.4 Å². The number of benzene rings is 1. The van der Waals surface area contributed by atoms with Gasteiger partial charge in [-0.1, -0.05) is 0 Å². The number of nitrogens with one attached hydrogen (secondary N) is 1. The van der Waals surface area contributed by atoms with Gasteiger partial charge in [-0.25, -0.2) is 8.42 Å². The highest BCUT2D eigenvalue weighted by Gasteiger charge is 2.11. The van der Waals surface area contributed by atoms with Gasteiger partial charge in [0.15, 0.2) is 0 Å². The second-order valence-corrected chi connectivity index (χ2v) is 6.77. The molecule has 0 fully saturated rings. The Balaban J connectivity index is 2.62. The molecule has 3 N–H and O–H groups in total. The summed E-state index contributed by atoms with van der Waals surface area (Å²) in [5.41, 5.74) is 6.65. The van der Waals surface area contributed by atoms with Crippen LogP contribution < -0.4 is 10.5 Å². The Morgan fingerprint density at radius 1 is 1.44 bits per heavy atom. The average molecular weight is 337 g/mol. The monoisotopic (exact) mass is 336 g/mol. The second-order valence-electron chi connectivity index (χ2n) is 4.08. The Morgan fingerprint density at radius 2 is 2.11 bits per heavy atom. The second kappa shape index (κ2) is 6.40. The van der Waals surface area contributed by atoms with Crippen LogP contribution in [0.3, 0.4) is 0 Å². The zero-order valence-corrected chi connectivity index (χ0v) is 12.7. The molecule has 0 aliphatic carbocycles. The third-order valence-electron chi connectivity index (χ3n) is 2.08. The first-order valence-electron chi connectivity index (χ1n) is 5.47. The third kappa shape index (κ3) is 5.24. The number of hydrogen-bond donors (Lipinski definition) is 2. The molecule has 0 heterocycles. The van der Waals surface area contributed by atoms with E-state index < -0.39 is 10.0 Å². The van der Waals surface area contributed by atoms with Crippen molar-refractivity contribution in [3.8, 4) is 0 Å². The summed E-state index contributed by atoms with van der Waals surface area (Å²) < 4.78 is 31.8. The molecule has 0 spiro atoms. The van der Waals surface area contributed by atoms with E-state index in [1.807, 2.05) is 13.8 Å². The van der Waals surface area contributed by atoms with Crippen LogP contribution in [-0.4, -0.2) is 26.9 Å². The van der Waals surface area contributed by atoms with E-state index >= 15 is 0 Å². The van der Waals surface area contributed by atoms with E-state index in [9.17, 15) is 8.42 Å². The van der Waals surface area contributed by atoms with Gasteiger partial charge in [-0.05, 0) is 48.0 Å². The fraction of sp³-hybridized carbons (Fsp3) is 0.455. The molecule has 5 nitrogen and oxygen atoms in total. The molecule has 0 amide bonds. The number of hydrogen-bond acceptors (Lipinski definition) is 4. The van der Waals surface area contributed by atoms with E-state index in [0.717, 1.165) is 0 Å². The van der Waals surface area contributed by atoms with Gasteiger partial charge in [-0.2, -0.15) is 0 Å². The molecule has 0 aliphatic heterocycles. The highest BCUT2D eigenvalue weighted by molar-refractivity contribution is 9.10. The molecule has 102 valence electrons. The molecule has 1 aromatic rings. The molecular weight excluding hydrogens is 320 g/mol. The molecular formula is C11H17BrN2O3S. The van der Waals surface area contributed by atoms with Gasteiger partial charge in [0, 0.05) is 15.8 Å². The number of halogens is 1. The van der Waals surface area contributed by atoms with Crippen molar-refractivity contribution in [2.75, 3.05) is 22.8 Å². The summed E-state index contributed by atoms with van der Waals surface area (Å²) in [5.74, 6) is -0.0762. The van der Waals surface area contributed by atoms with Crippen molar-refractivity contribution >= 4 is 37.3 Å². The molecule has 0 saturated carbocycles. The number of sulfonamides is 1. The van der Waals surface area contributed by atoms with Crippen LogP contribution in [0.1, 0.15) is 13.8 Å². The largest absolute Gasteiger partial charge is 0.398 e. The van der Waals surface area contributed by atoms with Gasteiger partial charge in [0.1, 0.15) is 0 Å². The van der Waals surface area contributed by atoms with Crippen LogP contribution in [-0.2, 0) is 14.8 Å². The minimum atomic E-state index is -3.40. The quantitative estimate of drug-likeness (QED) is 0.780. The van der Waals surface area contributed by atoms with Crippen molar-refractivity contribution < 1.29 is 13.2 Å². The van der Waals surface area contributed by atoms with Crippen molar-refractivity contribution in [1.82, 2.24) is 0 Å². The highest BCUT2D eigenvalue weighted by Crippen LogP contribution is 2.23. The van der Waals surface area contributed by atoms with Gasteiger partial charge in [0.2, 0.25) is 10.0 Å². The third-order valence-corrected chi connectivity index (χ3v) is 4.01. The lowest BCUT2D eigenvalue weighted by Gasteiger charge is -2.10. The van der Waals surface area contributed by atoms with Crippen LogP contribution in [0.5, 0.6) is 0 Å². The van der Waals surface area contributed by atoms with E-state index in [2.05, 4.69) is 20.7 Å². The van der Waals surface area contributed by atoms with Crippen molar-refractivity contribution in [2.45, 2.75) is 20.0 Å². The maximum Gasteiger partial charge on any atom is 0.235 e. The van der Waals surface area contributed by atoms with E-state index in [1.54, 1.807) is 18.2 Å². The molecule has 1 rings (SSSR count). The predicted molar refractivity (Wildman–Crippen MR) is 77.1 cm³/mol. The van der Waals surface area contributed by atoms with Crippen LogP contribution in [0.25, 0.3) is 0 Å². The van der Waals surface area contributed by atoms with Crippen molar-refractivity contribution in [3.05, 3.63) is 22.7 Å². The van der Waals surface area contributed by atoms with Crippen molar-refractivity contribution in [3.63, 3.8) is 0 Å². The Hall–Kier alpha value is -0.790. The summed E-state index contributed by atoms with van der Waals surface area (Å²) >= 11 is 3.24. The van der Waals surface area contributed by atoms with E-state index in [4.69, 9.17) is 10.5 Å². The summed E-state index contributed by atoms with van der Waals surface area (Å²) in [7, 11) is -3.40. The zero-order chi connectivity index (χ0) is 13.8. The Morgan fingerprint density at radius 3 is 2.67 bits per heavy atom. The summed E-state index contributed by atoms with van der Waals surface area (Å²) in [6.45, 7) is 3.89. The zero-order valence-electron chi connectivity index (χ0n) is 10.3. The molecule has 0 radical (unpaired) electrons. The number of nitrogens with two attached hydrogens (primary N) is 1. The molecule has 0 aromatic heterocycles. The molecule has 0 unspecified atom stereocenters. The summed E-state index contributed by atoms with van der Waals surface area (Å²) in [6, 6.07) is 4.86. The number of anilines is 2.